The Balaban J connectivity index is 2.03. The predicted molar refractivity (Wildman–Crippen MR) is 115 cm³/mol. The fourth-order valence-electron chi connectivity index (χ4n) is 2.82. The Kier molecular flexibility index (Phi) is 6.97. The maximum absolute atomic E-state index is 12.4. The first kappa shape index (κ1) is 22.8. The predicted octanol–water partition coefficient (Wildman–Crippen LogP) is 3.98. The van der Waals surface area contributed by atoms with Gasteiger partial charge >= 0.3 is 0 Å². The minimum atomic E-state index is -3.70. The molecule has 0 aromatic heterocycles. The summed E-state index contributed by atoms with van der Waals surface area (Å²) in [7, 11) is -3.70. The number of ketones is 1. The van der Waals surface area contributed by atoms with Crippen LogP contribution in [-0.4, -0.2) is 25.6 Å². The van der Waals surface area contributed by atoms with Crippen LogP contribution in [0.3, 0.4) is 0 Å². The van der Waals surface area contributed by atoms with Crippen LogP contribution >= 0.6 is 0 Å². The number of carbonyl (C=O) groups is 2. The van der Waals surface area contributed by atoms with Crippen LogP contribution in [0, 0.1) is 13.8 Å². The van der Waals surface area contributed by atoms with Gasteiger partial charge in [-0.3, -0.25) is 9.59 Å². The maximum Gasteiger partial charge on any atom is 0.241 e. The molecule has 0 atom stereocenters. The minimum absolute atomic E-state index is 0.0173. The smallest absolute Gasteiger partial charge is 0.241 e. The van der Waals surface area contributed by atoms with Crippen LogP contribution < -0.4 is 10.0 Å². The number of aryl methyl sites for hydroxylation is 2. The number of sulfonamides is 1. The molecule has 2 rings (SSSR count). The molecule has 29 heavy (non-hydrogen) atoms. The molecule has 0 aliphatic carbocycles. The normalized spacial score (nSPS) is 11.9. The molecule has 2 aromatic carbocycles. The van der Waals surface area contributed by atoms with Gasteiger partial charge in [0.25, 0.3) is 0 Å². The Labute approximate surface area is 172 Å². The largest absolute Gasteiger partial charge is 0.326 e. The average molecular weight is 417 g/mol. The highest BCUT2D eigenvalue weighted by Crippen LogP contribution is 2.18. The van der Waals surface area contributed by atoms with Crippen LogP contribution in [0.25, 0.3) is 0 Å². The summed E-state index contributed by atoms with van der Waals surface area (Å²) in [5.74, 6) is -0.436. The van der Waals surface area contributed by atoms with Crippen LogP contribution in [0.2, 0.25) is 0 Å². The number of anilines is 1. The molecule has 0 saturated heterocycles. The topological polar surface area (TPSA) is 92.3 Å². The summed E-state index contributed by atoms with van der Waals surface area (Å²) in [5, 5.41) is 2.67. The molecule has 2 aromatic rings. The van der Waals surface area contributed by atoms with Crippen LogP contribution in [-0.2, 0) is 14.8 Å². The Morgan fingerprint density at radius 3 is 2.31 bits per heavy atom. The first-order valence-corrected chi connectivity index (χ1v) is 10.9. The van der Waals surface area contributed by atoms with Gasteiger partial charge in [0.15, 0.2) is 5.78 Å². The second-order valence-corrected chi connectivity index (χ2v) is 9.86. The van der Waals surface area contributed by atoms with E-state index in [0.717, 1.165) is 11.1 Å². The van der Waals surface area contributed by atoms with Gasteiger partial charge in [0.2, 0.25) is 15.9 Å². The molecule has 0 heterocycles. The highest BCUT2D eigenvalue weighted by atomic mass is 32.2. The first-order valence-electron chi connectivity index (χ1n) is 9.42. The van der Waals surface area contributed by atoms with Crippen molar-refractivity contribution in [2.45, 2.75) is 57.9 Å². The van der Waals surface area contributed by atoms with Gasteiger partial charge in [-0.2, -0.15) is 0 Å². The summed E-state index contributed by atoms with van der Waals surface area (Å²) in [5.41, 5.74) is 2.24. The SMILES string of the molecule is Cc1ccc(C)c(C(=O)CCC(=O)Nc2cccc(S(=O)(=O)NC(C)(C)C)c2)c1. The zero-order valence-corrected chi connectivity index (χ0v) is 18.3. The van der Waals surface area contributed by atoms with Crippen molar-refractivity contribution in [1.82, 2.24) is 4.72 Å². The van der Waals surface area contributed by atoms with Crippen molar-refractivity contribution in [2.24, 2.45) is 0 Å². The number of benzene rings is 2. The van der Waals surface area contributed by atoms with Crippen LogP contribution in [0.4, 0.5) is 5.69 Å². The van der Waals surface area contributed by atoms with Crippen LogP contribution in [0.5, 0.6) is 0 Å². The summed E-state index contributed by atoms with van der Waals surface area (Å²) in [4.78, 5) is 24.8. The van der Waals surface area contributed by atoms with E-state index in [2.05, 4.69) is 10.0 Å². The molecule has 0 aliphatic heterocycles. The van der Waals surface area contributed by atoms with E-state index in [1.807, 2.05) is 32.0 Å². The van der Waals surface area contributed by atoms with Gasteiger partial charge in [-0.05, 0) is 64.4 Å². The molecule has 0 aliphatic rings. The Morgan fingerprint density at radius 1 is 0.966 bits per heavy atom. The fraction of sp³-hybridized carbons (Fsp3) is 0.364. The zero-order chi connectivity index (χ0) is 21.8. The van der Waals surface area contributed by atoms with Crippen molar-refractivity contribution in [1.29, 1.82) is 0 Å². The van der Waals surface area contributed by atoms with Gasteiger partial charge in [0.05, 0.1) is 4.90 Å². The minimum Gasteiger partial charge on any atom is -0.326 e. The average Bonchev–Trinajstić information content (AvgIpc) is 2.60. The molecule has 0 unspecified atom stereocenters. The Bertz CT molecular complexity index is 1020. The molecular formula is C22H28N2O4S. The standard InChI is InChI=1S/C22H28N2O4S/c1-15-9-10-16(2)19(13-15)20(25)11-12-21(26)23-17-7-6-8-18(14-17)29(27,28)24-22(3,4)5/h6-10,13-14,24H,11-12H2,1-5H3,(H,23,26). The molecule has 0 saturated carbocycles. The highest BCUT2D eigenvalue weighted by molar-refractivity contribution is 7.89. The summed E-state index contributed by atoms with van der Waals surface area (Å²) >= 11 is 0. The molecule has 0 spiro atoms. The van der Waals surface area contributed by atoms with Crippen molar-refractivity contribution in [3.05, 3.63) is 59.2 Å². The number of nitrogens with one attached hydrogen (secondary N) is 2. The maximum atomic E-state index is 12.4. The van der Waals surface area contributed by atoms with E-state index < -0.39 is 15.6 Å². The Hall–Kier alpha value is -2.51. The highest BCUT2D eigenvalue weighted by Gasteiger charge is 2.22. The van der Waals surface area contributed by atoms with E-state index >= 15 is 0 Å². The van der Waals surface area contributed by atoms with E-state index in [-0.39, 0.29) is 29.4 Å². The van der Waals surface area contributed by atoms with Gasteiger partial charge in [0, 0.05) is 29.6 Å². The summed E-state index contributed by atoms with van der Waals surface area (Å²) in [6, 6.07) is 11.7. The second kappa shape index (κ2) is 8.88. The monoisotopic (exact) mass is 416 g/mol. The molecule has 2 N–H and O–H groups in total. The van der Waals surface area contributed by atoms with Crippen LogP contribution in [0.15, 0.2) is 47.4 Å². The molecule has 0 fully saturated rings. The summed E-state index contributed by atoms with van der Waals surface area (Å²) < 4.78 is 27.5. The van der Waals surface area contributed by atoms with E-state index in [0.29, 0.717) is 11.3 Å². The number of hydrogen-bond donors (Lipinski definition) is 2. The van der Waals surface area contributed by atoms with Crippen molar-refractivity contribution in [3.8, 4) is 0 Å². The lowest BCUT2D eigenvalue weighted by Crippen LogP contribution is -2.40. The van der Waals surface area contributed by atoms with Crippen molar-refractivity contribution < 1.29 is 18.0 Å². The van der Waals surface area contributed by atoms with E-state index in [4.69, 9.17) is 0 Å². The third-order valence-corrected chi connectivity index (χ3v) is 5.90. The van der Waals surface area contributed by atoms with Gasteiger partial charge in [-0.1, -0.05) is 23.8 Å². The lowest BCUT2D eigenvalue weighted by atomic mass is 9.99. The molecule has 156 valence electrons. The lowest BCUT2D eigenvalue weighted by Gasteiger charge is -2.20. The van der Waals surface area contributed by atoms with E-state index in [1.165, 1.54) is 12.1 Å². The quantitative estimate of drug-likeness (QED) is 0.668. The first-order chi connectivity index (χ1) is 13.4. The van der Waals surface area contributed by atoms with Gasteiger partial charge in [-0.15, -0.1) is 0 Å². The van der Waals surface area contributed by atoms with Crippen molar-refractivity contribution in [3.63, 3.8) is 0 Å². The molecule has 0 radical (unpaired) electrons. The number of Topliss-reactive ketones (excluding diaryl/α,β-unsaturated/α-hetero) is 1. The zero-order valence-electron chi connectivity index (χ0n) is 17.5. The van der Waals surface area contributed by atoms with E-state index in [9.17, 15) is 18.0 Å². The number of hydrogen-bond acceptors (Lipinski definition) is 4. The Morgan fingerprint density at radius 2 is 1.66 bits per heavy atom. The molecule has 6 nitrogen and oxygen atoms in total. The molecule has 7 heteroatoms. The number of rotatable bonds is 7. The van der Waals surface area contributed by atoms with Gasteiger partial charge < -0.3 is 5.32 Å². The van der Waals surface area contributed by atoms with Crippen LogP contribution in [0.1, 0.15) is 55.1 Å². The van der Waals surface area contributed by atoms with Gasteiger partial charge in [0.1, 0.15) is 0 Å². The van der Waals surface area contributed by atoms with E-state index in [1.54, 1.807) is 32.9 Å². The number of carbonyl (C=O) groups excluding carboxylic acids is 2. The molecule has 0 bridgehead atoms. The van der Waals surface area contributed by atoms with Gasteiger partial charge in [-0.25, -0.2) is 13.1 Å². The summed E-state index contributed by atoms with van der Waals surface area (Å²) in [6.45, 7) is 9.04. The number of amides is 1. The second-order valence-electron chi connectivity index (χ2n) is 8.17. The van der Waals surface area contributed by atoms with Crippen molar-refractivity contribution >= 4 is 27.4 Å². The molecular weight excluding hydrogens is 388 g/mol. The van der Waals surface area contributed by atoms with Crippen molar-refractivity contribution in [2.75, 3.05) is 5.32 Å². The fourth-order valence-corrected chi connectivity index (χ4v) is 4.29. The lowest BCUT2D eigenvalue weighted by molar-refractivity contribution is -0.116. The summed E-state index contributed by atoms with van der Waals surface area (Å²) in [6.07, 6.45) is 0.100. The molecule has 1 amide bonds. The third kappa shape index (κ3) is 6.80. The third-order valence-electron chi connectivity index (χ3n) is 4.14.